The second kappa shape index (κ2) is 5.46. The first-order valence-corrected chi connectivity index (χ1v) is 5.58. The highest BCUT2D eigenvalue weighted by molar-refractivity contribution is 5.92. The van der Waals surface area contributed by atoms with Crippen molar-refractivity contribution in [3.63, 3.8) is 0 Å². The van der Waals surface area contributed by atoms with Gasteiger partial charge >= 0.3 is 6.09 Å². The van der Waals surface area contributed by atoms with Crippen molar-refractivity contribution < 1.29 is 19.1 Å². The van der Waals surface area contributed by atoms with Crippen LogP contribution in [-0.2, 0) is 14.3 Å². The van der Waals surface area contributed by atoms with E-state index >= 15 is 0 Å². The van der Waals surface area contributed by atoms with Crippen molar-refractivity contribution in [3.8, 4) is 0 Å². The van der Waals surface area contributed by atoms with Gasteiger partial charge in [-0.05, 0) is 6.92 Å². The van der Waals surface area contributed by atoms with Crippen LogP contribution in [0.15, 0.2) is 5.16 Å². The molecule has 0 aromatic rings. The van der Waals surface area contributed by atoms with E-state index in [1.165, 1.54) is 7.05 Å². The second-order valence-electron chi connectivity index (χ2n) is 4.97. The van der Waals surface area contributed by atoms with Crippen molar-refractivity contribution in [2.45, 2.75) is 40.1 Å². The summed E-state index contributed by atoms with van der Waals surface area (Å²) in [5.74, 6) is 0. The Morgan fingerprint density at radius 2 is 2.12 bits per heavy atom. The molecule has 1 rings (SSSR count). The van der Waals surface area contributed by atoms with Gasteiger partial charge in [-0.25, -0.2) is 4.79 Å². The van der Waals surface area contributed by atoms with E-state index in [9.17, 15) is 4.79 Å². The monoisotopic (exact) mass is 244 g/mol. The number of rotatable bonds is 2. The van der Waals surface area contributed by atoms with Gasteiger partial charge < -0.3 is 14.8 Å². The van der Waals surface area contributed by atoms with Crippen LogP contribution >= 0.6 is 0 Å². The number of ether oxygens (including phenoxy) is 2. The molecule has 17 heavy (non-hydrogen) atoms. The highest BCUT2D eigenvalue weighted by Gasteiger charge is 2.35. The Hall–Kier alpha value is -1.14. The molecule has 6 heteroatoms. The van der Waals surface area contributed by atoms with Crippen LogP contribution in [0.2, 0.25) is 0 Å². The van der Waals surface area contributed by atoms with Gasteiger partial charge in [0, 0.05) is 12.5 Å². The molecule has 1 aliphatic rings. The Balaban J connectivity index is 2.77. The SMILES string of the molecule is CNC(=O)ON=C(C1OCC(C)O1)C(C)(C)C. The zero-order valence-corrected chi connectivity index (χ0v) is 10.9. The van der Waals surface area contributed by atoms with Crippen LogP contribution in [0, 0.1) is 5.41 Å². The van der Waals surface area contributed by atoms with Crippen molar-refractivity contribution >= 4 is 11.8 Å². The van der Waals surface area contributed by atoms with E-state index in [1.807, 2.05) is 27.7 Å². The summed E-state index contributed by atoms with van der Waals surface area (Å²) < 4.78 is 11.0. The van der Waals surface area contributed by atoms with E-state index in [0.717, 1.165) is 0 Å². The lowest BCUT2D eigenvalue weighted by atomic mass is 9.89. The third-order valence-electron chi connectivity index (χ3n) is 2.26. The van der Waals surface area contributed by atoms with Gasteiger partial charge in [0.15, 0.2) is 0 Å². The standard InChI is InChI=1S/C11H20N2O4/c1-7-6-15-9(16-7)8(11(2,3)4)13-17-10(14)12-5/h7,9H,6H2,1-5H3,(H,12,14). The molecular formula is C11H20N2O4. The molecule has 1 saturated heterocycles. The minimum atomic E-state index is -0.613. The molecule has 1 amide bonds. The van der Waals surface area contributed by atoms with Crippen molar-refractivity contribution in [2.24, 2.45) is 10.6 Å². The Morgan fingerprint density at radius 3 is 2.53 bits per heavy atom. The van der Waals surface area contributed by atoms with E-state index in [0.29, 0.717) is 12.3 Å². The van der Waals surface area contributed by atoms with Gasteiger partial charge in [0.05, 0.1) is 12.7 Å². The summed E-state index contributed by atoms with van der Waals surface area (Å²) in [7, 11) is 1.47. The number of hydrogen-bond acceptors (Lipinski definition) is 5. The van der Waals surface area contributed by atoms with E-state index in [4.69, 9.17) is 14.3 Å². The second-order valence-corrected chi connectivity index (χ2v) is 4.97. The summed E-state index contributed by atoms with van der Waals surface area (Å²) in [4.78, 5) is 15.7. The lowest BCUT2D eigenvalue weighted by molar-refractivity contribution is -0.00859. The number of oxime groups is 1. The summed E-state index contributed by atoms with van der Waals surface area (Å²) in [5.41, 5.74) is 0.258. The Bertz CT molecular complexity index is 309. The molecule has 0 radical (unpaired) electrons. The van der Waals surface area contributed by atoms with Gasteiger partial charge in [-0.1, -0.05) is 25.9 Å². The van der Waals surface area contributed by atoms with Crippen LogP contribution in [-0.4, -0.2) is 37.9 Å². The quantitative estimate of drug-likeness (QED) is 0.454. The summed E-state index contributed by atoms with van der Waals surface area (Å²) in [6, 6.07) is 0. The van der Waals surface area contributed by atoms with E-state index in [2.05, 4.69) is 10.5 Å². The summed E-state index contributed by atoms with van der Waals surface area (Å²) in [6.45, 7) is 8.29. The fourth-order valence-electron chi connectivity index (χ4n) is 1.33. The number of hydrogen-bond donors (Lipinski definition) is 1. The lowest BCUT2D eigenvalue weighted by Crippen LogP contribution is -2.34. The normalized spacial score (nSPS) is 25.8. The summed E-state index contributed by atoms with van der Waals surface area (Å²) >= 11 is 0. The maximum Gasteiger partial charge on any atom is 0.433 e. The zero-order chi connectivity index (χ0) is 13.1. The average Bonchev–Trinajstić information content (AvgIpc) is 2.62. The van der Waals surface area contributed by atoms with Crippen LogP contribution < -0.4 is 5.32 Å². The Labute approximate surface area is 101 Å². The van der Waals surface area contributed by atoms with Gasteiger partial charge in [-0.2, -0.15) is 0 Å². The van der Waals surface area contributed by atoms with Crippen molar-refractivity contribution in [1.29, 1.82) is 0 Å². The minimum Gasteiger partial charge on any atom is -0.344 e. The molecule has 0 aromatic heterocycles. The fourth-order valence-corrected chi connectivity index (χ4v) is 1.33. The molecule has 0 bridgehead atoms. The molecule has 0 aliphatic carbocycles. The van der Waals surface area contributed by atoms with Gasteiger partial charge in [0.2, 0.25) is 6.29 Å². The molecule has 2 unspecified atom stereocenters. The predicted octanol–water partition coefficient (Wildman–Crippen LogP) is 1.51. The number of carbonyl (C=O) groups excluding carboxylic acids is 1. The molecule has 1 heterocycles. The van der Waals surface area contributed by atoms with Crippen molar-refractivity contribution in [1.82, 2.24) is 5.32 Å². The Kier molecular flexibility index (Phi) is 4.47. The van der Waals surface area contributed by atoms with E-state index in [-0.39, 0.29) is 11.5 Å². The zero-order valence-electron chi connectivity index (χ0n) is 10.9. The average molecular weight is 244 g/mol. The molecule has 1 fully saturated rings. The number of carbonyl (C=O) groups is 1. The van der Waals surface area contributed by atoms with Crippen LogP contribution in [0.25, 0.3) is 0 Å². The summed E-state index contributed by atoms with van der Waals surface area (Å²) in [6.07, 6.45) is -1.14. The smallest absolute Gasteiger partial charge is 0.344 e. The third-order valence-corrected chi connectivity index (χ3v) is 2.26. The highest BCUT2D eigenvalue weighted by atomic mass is 16.7. The first kappa shape index (κ1) is 13.9. The topological polar surface area (TPSA) is 69.2 Å². The van der Waals surface area contributed by atoms with Crippen LogP contribution in [0.4, 0.5) is 4.79 Å². The summed E-state index contributed by atoms with van der Waals surface area (Å²) in [5, 5.41) is 6.16. The van der Waals surface area contributed by atoms with Gasteiger partial charge in [0.1, 0.15) is 5.71 Å². The maximum absolute atomic E-state index is 11.0. The molecule has 6 nitrogen and oxygen atoms in total. The maximum atomic E-state index is 11.0. The molecule has 1 aliphatic heterocycles. The van der Waals surface area contributed by atoms with E-state index < -0.39 is 12.4 Å². The molecule has 0 spiro atoms. The first-order chi connectivity index (χ1) is 7.84. The number of nitrogens with zero attached hydrogens (tertiary/aromatic N) is 1. The van der Waals surface area contributed by atoms with Gasteiger partial charge in [0.25, 0.3) is 0 Å². The molecule has 0 saturated carbocycles. The third kappa shape index (κ3) is 3.98. The highest BCUT2D eigenvalue weighted by Crippen LogP contribution is 2.25. The van der Waals surface area contributed by atoms with Gasteiger partial charge in [-0.15, -0.1) is 0 Å². The molecule has 0 aromatic carbocycles. The fraction of sp³-hybridized carbons (Fsp3) is 0.818. The van der Waals surface area contributed by atoms with Crippen molar-refractivity contribution in [2.75, 3.05) is 13.7 Å². The number of nitrogens with one attached hydrogen (secondary N) is 1. The van der Waals surface area contributed by atoms with Gasteiger partial charge in [-0.3, -0.25) is 4.84 Å². The van der Waals surface area contributed by atoms with Crippen LogP contribution in [0.1, 0.15) is 27.7 Å². The first-order valence-electron chi connectivity index (χ1n) is 5.58. The van der Waals surface area contributed by atoms with Crippen LogP contribution in [0.5, 0.6) is 0 Å². The predicted molar refractivity (Wildman–Crippen MR) is 62.7 cm³/mol. The Morgan fingerprint density at radius 1 is 1.47 bits per heavy atom. The van der Waals surface area contributed by atoms with Crippen molar-refractivity contribution in [3.05, 3.63) is 0 Å². The molecule has 1 N–H and O–H groups in total. The molecule has 98 valence electrons. The van der Waals surface area contributed by atoms with E-state index in [1.54, 1.807) is 0 Å². The largest absolute Gasteiger partial charge is 0.433 e. The molecular weight excluding hydrogens is 224 g/mol. The lowest BCUT2D eigenvalue weighted by Gasteiger charge is -2.24. The molecule has 2 atom stereocenters. The van der Waals surface area contributed by atoms with Crippen LogP contribution in [0.3, 0.4) is 0 Å². The minimum absolute atomic E-state index is 0.0209. The number of amides is 1.